The van der Waals surface area contributed by atoms with E-state index < -0.39 is 0 Å². The molecule has 0 atom stereocenters. The topological polar surface area (TPSA) is 37.8 Å². The molecule has 3 nitrogen and oxygen atoms in total. The van der Waals surface area contributed by atoms with Gasteiger partial charge in [-0.25, -0.2) is 9.97 Å². The van der Waals surface area contributed by atoms with E-state index in [1.807, 2.05) is 18.2 Å². The first kappa shape index (κ1) is 14.0. The van der Waals surface area contributed by atoms with Crippen molar-refractivity contribution in [2.45, 2.75) is 27.2 Å². The number of aromatic nitrogens is 2. The van der Waals surface area contributed by atoms with Gasteiger partial charge in [0.25, 0.3) is 0 Å². The van der Waals surface area contributed by atoms with Crippen molar-refractivity contribution in [3.8, 4) is 11.4 Å². The van der Waals surface area contributed by atoms with Crippen LogP contribution in [-0.2, 0) is 6.42 Å². The lowest BCUT2D eigenvalue weighted by Gasteiger charge is -2.09. The second kappa shape index (κ2) is 6.15. The Bertz CT molecular complexity index is 582. The van der Waals surface area contributed by atoms with Crippen molar-refractivity contribution in [2.75, 3.05) is 11.9 Å². The third kappa shape index (κ3) is 3.32. The molecule has 0 fully saturated rings. The normalized spacial score (nSPS) is 10.5. The number of anilines is 1. The summed E-state index contributed by atoms with van der Waals surface area (Å²) in [5.74, 6) is 1.68. The van der Waals surface area contributed by atoms with E-state index in [1.54, 1.807) is 0 Å². The Labute approximate surface area is 122 Å². The standard InChI is InChI=1S/C15H18BrN3/c1-4-12-9-14(17-5-2)19-15(18-12)11-6-7-13(16)10(3)8-11/h6-9H,4-5H2,1-3H3,(H,17,18,19). The van der Waals surface area contributed by atoms with E-state index in [4.69, 9.17) is 0 Å². The van der Waals surface area contributed by atoms with Crippen LogP contribution in [0.3, 0.4) is 0 Å². The zero-order valence-electron chi connectivity index (χ0n) is 11.5. The highest BCUT2D eigenvalue weighted by Crippen LogP contribution is 2.24. The fraction of sp³-hybridized carbons (Fsp3) is 0.333. The molecule has 0 saturated heterocycles. The summed E-state index contributed by atoms with van der Waals surface area (Å²) in [5, 5.41) is 3.26. The van der Waals surface area contributed by atoms with Crippen LogP contribution in [0.1, 0.15) is 25.1 Å². The molecule has 19 heavy (non-hydrogen) atoms. The van der Waals surface area contributed by atoms with Gasteiger partial charge < -0.3 is 5.32 Å². The van der Waals surface area contributed by atoms with Crippen molar-refractivity contribution in [1.82, 2.24) is 9.97 Å². The van der Waals surface area contributed by atoms with Crippen LogP contribution in [0.2, 0.25) is 0 Å². The number of halogens is 1. The molecule has 1 aromatic carbocycles. The van der Waals surface area contributed by atoms with Crippen LogP contribution >= 0.6 is 15.9 Å². The Morgan fingerprint density at radius 3 is 2.58 bits per heavy atom. The highest BCUT2D eigenvalue weighted by molar-refractivity contribution is 9.10. The third-order valence-electron chi connectivity index (χ3n) is 2.92. The van der Waals surface area contributed by atoms with Gasteiger partial charge in [0.1, 0.15) is 5.82 Å². The molecule has 0 spiro atoms. The lowest BCUT2D eigenvalue weighted by molar-refractivity contribution is 0.998. The lowest BCUT2D eigenvalue weighted by atomic mass is 10.1. The Kier molecular flexibility index (Phi) is 4.53. The molecular weight excluding hydrogens is 302 g/mol. The van der Waals surface area contributed by atoms with Crippen molar-refractivity contribution in [3.63, 3.8) is 0 Å². The summed E-state index contributed by atoms with van der Waals surface area (Å²) >= 11 is 3.52. The van der Waals surface area contributed by atoms with E-state index in [0.29, 0.717) is 0 Å². The van der Waals surface area contributed by atoms with Crippen LogP contribution in [0.4, 0.5) is 5.82 Å². The van der Waals surface area contributed by atoms with Gasteiger partial charge in [-0.05, 0) is 38.0 Å². The molecule has 2 aromatic rings. The van der Waals surface area contributed by atoms with Crippen molar-refractivity contribution >= 4 is 21.7 Å². The molecule has 1 N–H and O–H groups in total. The van der Waals surface area contributed by atoms with Crippen molar-refractivity contribution in [1.29, 1.82) is 0 Å². The molecule has 0 amide bonds. The van der Waals surface area contributed by atoms with Gasteiger partial charge in [0, 0.05) is 28.3 Å². The van der Waals surface area contributed by atoms with Gasteiger partial charge in [-0.2, -0.15) is 0 Å². The SMILES string of the molecule is CCNc1cc(CC)nc(-c2ccc(Br)c(C)c2)n1. The van der Waals surface area contributed by atoms with Gasteiger partial charge in [-0.3, -0.25) is 0 Å². The highest BCUT2D eigenvalue weighted by Gasteiger charge is 2.07. The Morgan fingerprint density at radius 1 is 1.16 bits per heavy atom. The van der Waals surface area contributed by atoms with Crippen LogP contribution in [-0.4, -0.2) is 16.5 Å². The minimum Gasteiger partial charge on any atom is -0.370 e. The molecule has 0 unspecified atom stereocenters. The summed E-state index contributed by atoms with van der Waals surface area (Å²) in [4.78, 5) is 9.18. The number of hydrogen-bond donors (Lipinski definition) is 1. The summed E-state index contributed by atoms with van der Waals surface area (Å²) < 4.78 is 1.11. The molecule has 100 valence electrons. The average Bonchev–Trinajstić information content (AvgIpc) is 2.42. The fourth-order valence-electron chi connectivity index (χ4n) is 1.86. The number of aryl methyl sites for hydroxylation is 2. The minimum absolute atomic E-state index is 0.783. The van der Waals surface area contributed by atoms with Gasteiger partial charge in [-0.15, -0.1) is 0 Å². The zero-order valence-corrected chi connectivity index (χ0v) is 13.1. The van der Waals surface area contributed by atoms with E-state index in [0.717, 1.165) is 40.3 Å². The number of benzene rings is 1. The van der Waals surface area contributed by atoms with Crippen LogP contribution in [0.5, 0.6) is 0 Å². The Balaban J connectivity index is 2.47. The van der Waals surface area contributed by atoms with E-state index >= 15 is 0 Å². The van der Waals surface area contributed by atoms with Crippen LogP contribution in [0.15, 0.2) is 28.7 Å². The van der Waals surface area contributed by atoms with Gasteiger partial charge >= 0.3 is 0 Å². The molecule has 0 aliphatic carbocycles. The second-order valence-electron chi connectivity index (χ2n) is 4.42. The predicted octanol–water partition coefficient (Wildman–Crippen LogP) is 4.21. The molecule has 2 rings (SSSR count). The number of rotatable bonds is 4. The van der Waals surface area contributed by atoms with Crippen LogP contribution in [0.25, 0.3) is 11.4 Å². The number of nitrogens with one attached hydrogen (secondary N) is 1. The average molecular weight is 320 g/mol. The Morgan fingerprint density at radius 2 is 1.95 bits per heavy atom. The molecule has 0 saturated carbocycles. The van der Waals surface area contributed by atoms with E-state index in [9.17, 15) is 0 Å². The van der Waals surface area contributed by atoms with Gasteiger partial charge in [0.05, 0.1) is 0 Å². The van der Waals surface area contributed by atoms with Crippen molar-refractivity contribution < 1.29 is 0 Å². The van der Waals surface area contributed by atoms with E-state index in [1.165, 1.54) is 5.56 Å². The summed E-state index contributed by atoms with van der Waals surface area (Å²) in [5.41, 5.74) is 3.30. The maximum absolute atomic E-state index is 4.61. The zero-order chi connectivity index (χ0) is 13.8. The predicted molar refractivity (Wildman–Crippen MR) is 83.4 cm³/mol. The summed E-state index contributed by atoms with van der Waals surface area (Å²) in [7, 11) is 0. The summed E-state index contributed by atoms with van der Waals surface area (Å²) in [6.45, 7) is 7.10. The quantitative estimate of drug-likeness (QED) is 0.917. The van der Waals surface area contributed by atoms with Crippen molar-refractivity contribution in [2.24, 2.45) is 0 Å². The monoisotopic (exact) mass is 319 g/mol. The molecule has 1 heterocycles. The lowest BCUT2D eigenvalue weighted by Crippen LogP contribution is -2.03. The minimum atomic E-state index is 0.783. The largest absolute Gasteiger partial charge is 0.370 e. The molecule has 0 bridgehead atoms. The highest BCUT2D eigenvalue weighted by atomic mass is 79.9. The first-order valence-electron chi connectivity index (χ1n) is 6.52. The summed E-state index contributed by atoms with van der Waals surface area (Å²) in [6, 6.07) is 8.20. The van der Waals surface area contributed by atoms with Crippen LogP contribution in [0, 0.1) is 6.92 Å². The van der Waals surface area contributed by atoms with Gasteiger partial charge in [0.2, 0.25) is 0 Å². The molecule has 0 radical (unpaired) electrons. The smallest absolute Gasteiger partial charge is 0.161 e. The van der Waals surface area contributed by atoms with Gasteiger partial charge in [0.15, 0.2) is 5.82 Å². The van der Waals surface area contributed by atoms with Crippen molar-refractivity contribution in [3.05, 3.63) is 40.0 Å². The maximum Gasteiger partial charge on any atom is 0.161 e. The van der Waals surface area contributed by atoms with E-state index in [-0.39, 0.29) is 0 Å². The molecule has 0 aliphatic heterocycles. The molecule has 1 aromatic heterocycles. The fourth-order valence-corrected chi connectivity index (χ4v) is 2.11. The molecular formula is C15H18BrN3. The van der Waals surface area contributed by atoms with E-state index in [2.05, 4.69) is 58.1 Å². The number of hydrogen-bond acceptors (Lipinski definition) is 3. The molecule has 0 aliphatic rings. The van der Waals surface area contributed by atoms with Crippen LogP contribution < -0.4 is 5.32 Å². The van der Waals surface area contributed by atoms with Gasteiger partial charge in [-0.1, -0.05) is 28.9 Å². The Hall–Kier alpha value is -1.42. The maximum atomic E-state index is 4.61. The number of nitrogens with zero attached hydrogens (tertiary/aromatic N) is 2. The third-order valence-corrected chi connectivity index (χ3v) is 3.81. The molecule has 4 heteroatoms. The first-order chi connectivity index (χ1) is 9.13. The second-order valence-corrected chi connectivity index (χ2v) is 5.27. The summed E-state index contributed by atoms with van der Waals surface area (Å²) in [6.07, 6.45) is 0.906. The first-order valence-corrected chi connectivity index (χ1v) is 7.31.